The number of rotatable bonds is 8. The van der Waals surface area contributed by atoms with E-state index < -0.39 is 0 Å². The number of piperidine rings is 1. The third-order valence-electron chi connectivity index (χ3n) is 8.41. The van der Waals surface area contributed by atoms with E-state index >= 15 is 0 Å². The number of nitrogens with one attached hydrogen (secondary N) is 2. The lowest BCUT2D eigenvalue weighted by Crippen LogP contribution is -2.39. The highest BCUT2D eigenvalue weighted by molar-refractivity contribution is 5.98. The van der Waals surface area contributed by atoms with Crippen LogP contribution in [0.25, 0.3) is 27.6 Å². The van der Waals surface area contributed by atoms with Crippen molar-refractivity contribution in [3.05, 3.63) is 77.4 Å². The molecule has 1 amide bonds. The van der Waals surface area contributed by atoms with Crippen molar-refractivity contribution in [2.24, 2.45) is 0 Å². The van der Waals surface area contributed by atoms with Crippen LogP contribution in [0.5, 0.6) is 5.75 Å². The number of allylic oxidation sites excluding steroid dienone is 2. The first-order valence-electron chi connectivity index (χ1n) is 15.3. The summed E-state index contributed by atoms with van der Waals surface area (Å²) in [5, 5.41) is 8.40. The third-order valence-corrected chi connectivity index (χ3v) is 8.41. The zero-order valence-corrected chi connectivity index (χ0v) is 25.0. The summed E-state index contributed by atoms with van der Waals surface area (Å²) < 4.78 is 11.5. The highest BCUT2D eigenvalue weighted by Gasteiger charge is 2.26. The Morgan fingerprint density at radius 1 is 1.16 bits per heavy atom. The summed E-state index contributed by atoms with van der Waals surface area (Å²) in [6.07, 6.45) is 10.7. The quantitative estimate of drug-likeness (QED) is 0.246. The van der Waals surface area contributed by atoms with Gasteiger partial charge in [0.2, 0.25) is 5.95 Å². The maximum Gasteiger partial charge on any atom is 0.278 e. The number of carbonyl (C=O) groups excluding carboxylic acids is 1. The first-order chi connectivity index (χ1) is 21.6. The molecule has 0 bridgehead atoms. The van der Waals surface area contributed by atoms with Crippen molar-refractivity contribution >= 4 is 45.2 Å². The molecule has 0 saturated carbocycles. The van der Waals surface area contributed by atoms with Gasteiger partial charge in [-0.05, 0) is 75.2 Å². The molecule has 2 aliphatic heterocycles. The van der Waals surface area contributed by atoms with Crippen LogP contribution in [0, 0.1) is 0 Å². The number of anilines is 3. The van der Waals surface area contributed by atoms with Crippen LogP contribution < -0.4 is 25.8 Å². The van der Waals surface area contributed by atoms with Gasteiger partial charge < -0.3 is 24.8 Å². The molecule has 5 aromatic rings. The SMILES string of the molecule is C/C=C\Cn1c(=O)c2cnc(Nc3ccc4c(ccn4C4CCCNC4)c3)nc2n1-c1ccc2c(c1)N(CCC)C(=O)CO2. The first-order valence-corrected chi connectivity index (χ1v) is 15.3. The van der Waals surface area contributed by atoms with Gasteiger partial charge in [0.05, 0.1) is 17.9 Å². The number of ether oxygens (including phenoxy) is 1. The second-order valence-electron chi connectivity index (χ2n) is 11.3. The predicted octanol–water partition coefficient (Wildman–Crippen LogP) is 4.92. The van der Waals surface area contributed by atoms with Gasteiger partial charge in [-0.2, -0.15) is 4.98 Å². The highest BCUT2D eigenvalue weighted by atomic mass is 16.5. The Balaban J connectivity index is 1.28. The van der Waals surface area contributed by atoms with Gasteiger partial charge >= 0.3 is 0 Å². The molecular weight excluding hydrogens is 556 g/mol. The van der Waals surface area contributed by atoms with Crippen molar-refractivity contribution in [3.63, 3.8) is 0 Å². The molecular formula is C33H36N8O3. The molecule has 11 nitrogen and oxygen atoms in total. The van der Waals surface area contributed by atoms with E-state index in [0.29, 0.717) is 53.2 Å². The summed E-state index contributed by atoms with van der Waals surface area (Å²) in [6.45, 7) is 6.97. The third kappa shape index (κ3) is 4.92. The molecule has 44 heavy (non-hydrogen) atoms. The lowest BCUT2D eigenvalue weighted by atomic mass is 10.1. The fraction of sp³-hybridized carbons (Fsp3) is 0.333. The lowest BCUT2D eigenvalue weighted by molar-refractivity contribution is -0.121. The minimum Gasteiger partial charge on any atom is -0.482 e. The summed E-state index contributed by atoms with van der Waals surface area (Å²) in [5.74, 6) is 0.937. The molecule has 2 aliphatic rings. The van der Waals surface area contributed by atoms with Gasteiger partial charge in [0.15, 0.2) is 12.3 Å². The fourth-order valence-electron chi connectivity index (χ4n) is 6.27. The molecule has 0 spiro atoms. The molecule has 11 heteroatoms. The van der Waals surface area contributed by atoms with Crippen LogP contribution in [0.2, 0.25) is 0 Å². The van der Waals surface area contributed by atoms with Crippen LogP contribution in [-0.2, 0) is 11.3 Å². The highest BCUT2D eigenvalue weighted by Crippen LogP contribution is 2.35. The Kier molecular flexibility index (Phi) is 7.39. The molecule has 226 valence electrons. The van der Waals surface area contributed by atoms with E-state index in [1.54, 1.807) is 20.5 Å². The summed E-state index contributed by atoms with van der Waals surface area (Å²) in [7, 11) is 0. The van der Waals surface area contributed by atoms with E-state index in [-0.39, 0.29) is 18.1 Å². The van der Waals surface area contributed by atoms with Crippen molar-refractivity contribution in [2.75, 3.05) is 36.5 Å². The van der Waals surface area contributed by atoms with E-state index in [0.717, 1.165) is 30.6 Å². The van der Waals surface area contributed by atoms with E-state index in [9.17, 15) is 9.59 Å². The molecule has 3 aromatic heterocycles. The van der Waals surface area contributed by atoms with Crippen molar-refractivity contribution in [1.82, 2.24) is 29.2 Å². The summed E-state index contributed by atoms with van der Waals surface area (Å²) in [4.78, 5) is 37.4. The Hall–Kier alpha value is -4.90. The maximum absolute atomic E-state index is 13.6. The first kappa shape index (κ1) is 27.9. The van der Waals surface area contributed by atoms with Gasteiger partial charge in [-0.15, -0.1) is 0 Å². The second-order valence-corrected chi connectivity index (χ2v) is 11.3. The second kappa shape index (κ2) is 11.6. The van der Waals surface area contributed by atoms with Gasteiger partial charge in [-0.3, -0.25) is 9.59 Å². The molecule has 2 aromatic carbocycles. The van der Waals surface area contributed by atoms with Gasteiger partial charge in [0.25, 0.3) is 11.5 Å². The molecule has 0 radical (unpaired) electrons. The minimum atomic E-state index is -0.194. The Morgan fingerprint density at radius 3 is 2.89 bits per heavy atom. The fourth-order valence-corrected chi connectivity index (χ4v) is 6.27. The van der Waals surface area contributed by atoms with Crippen LogP contribution >= 0.6 is 0 Å². The van der Waals surface area contributed by atoms with Crippen LogP contribution in [0.3, 0.4) is 0 Å². The van der Waals surface area contributed by atoms with Gasteiger partial charge in [-0.1, -0.05) is 19.1 Å². The van der Waals surface area contributed by atoms with E-state index in [1.165, 1.54) is 18.4 Å². The molecule has 5 heterocycles. The van der Waals surface area contributed by atoms with Crippen LogP contribution in [-0.4, -0.2) is 56.0 Å². The zero-order chi connectivity index (χ0) is 30.2. The molecule has 7 rings (SSSR count). The number of hydrogen-bond donors (Lipinski definition) is 2. The Bertz CT molecular complexity index is 1950. The van der Waals surface area contributed by atoms with Crippen molar-refractivity contribution in [3.8, 4) is 11.4 Å². The number of carbonyl (C=O) groups is 1. The molecule has 1 atom stereocenters. The normalized spacial score (nSPS) is 17.0. The maximum atomic E-state index is 13.6. The van der Waals surface area contributed by atoms with Crippen molar-refractivity contribution in [2.45, 2.75) is 45.7 Å². The average molecular weight is 593 g/mol. The van der Waals surface area contributed by atoms with Crippen molar-refractivity contribution in [1.29, 1.82) is 0 Å². The standard InChI is InChI=1S/C33H36N8O3/c1-3-5-15-40-32(43)26-20-35-33(36-23-8-10-27-22(17-23)12-16-38(27)25-7-6-13-34-19-25)37-31(26)41(40)24-9-11-29-28(18-24)39(14-4-2)30(42)21-44-29/h3,5,8-12,16-18,20,25,34H,4,6-7,13-15,19,21H2,1-2H3,(H,35,36,37)/b5-3-. The van der Waals surface area contributed by atoms with Gasteiger partial charge in [0.1, 0.15) is 11.1 Å². The van der Waals surface area contributed by atoms with Gasteiger partial charge in [-0.25, -0.2) is 14.3 Å². The average Bonchev–Trinajstić information content (AvgIpc) is 3.59. The Labute approximate surface area is 254 Å². The number of benzene rings is 2. The number of amides is 1. The number of fused-ring (bicyclic) bond motifs is 3. The van der Waals surface area contributed by atoms with Crippen LogP contribution in [0.15, 0.2) is 71.8 Å². The predicted molar refractivity (Wildman–Crippen MR) is 172 cm³/mol. The zero-order valence-electron chi connectivity index (χ0n) is 25.0. The topological polar surface area (TPSA) is 111 Å². The lowest BCUT2D eigenvalue weighted by Gasteiger charge is -2.29. The molecule has 1 unspecified atom stereocenters. The van der Waals surface area contributed by atoms with Gasteiger partial charge in [0, 0.05) is 48.1 Å². The van der Waals surface area contributed by atoms with E-state index in [4.69, 9.17) is 9.72 Å². The van der Waals surface area contributed by atoms with Crippen molar-refractivity contribution < 1.29 is 9.53 Å². The summed E-state index contributed by atoms with van der Waals surface area (Å²) in [5.41, 5.74) is 3.72. The summed E-state index contributed by atoms with van der Waals surface area (Å²) >= 11 is 0. The largest absolute Gasteiger partial charge is 0.482 e. The van der Waals surface area contributed by atoms with Crippen LogP contribution in [0.1, 0.15) is 39.2 Å². The monoisotopic (exact) mass is 592 g/mol. The smallest absolute Gasteiger partial charge is 0.278 e. The minimum absolute atomic E-state index is 0.0152. The molecule has 0 aliphatic carbocycles. The number of hydrogen-bond acceptors (Lipinski definition) is 7. The molecule has 1 fully saturated rings. The number of nitrogens with zero attached hydrogens (tertiary/aromatic N) is 6. The number of aromatic nitrogens is 5. The molecule has 1 saturated heterocycles. The van der Waals surface area contributed by atoms with E-state index in [1.807, 2.05) is 50.3 Å². The van der Waals surface area contributed by atoms with E-state index in [2.05, 4.69) is 44.6 Å². The van der Waals surface area contributed by atoms with Crippen LogP contribution in [0.4, 0.5) is 17.3 Å². The Morgan fingerprint density at radius 2 is 2.07 bits per heavy atom. The molecule has 2 N–H and O–H groups in total. The summed E-state index contributed by atoms with van der Waals surface area (Å²) in [6, 6.07) is 14.5.